The molecule has 0 aliphatic rings. The van der Waals surface area contributed by atoms with Gasteiger partial charge in [0.25, 0.3) is 0 Å². The molecule has 1 aromatic heterocycles. The molecular formula is C14H22N2. The summed E-state index contributed by atoms with van der Waals surface area (Å²) in [5, 5.41) is 2.33. The van der Waals surface area contributed by atoms with Crippen LogP contribution in [0.1, 0.15) is 33.4 Å². The van der Waals surface area contributed by atoms with Gasteiger partial charge in [-0.2, -0.15) is 0 Å². The average molecular weight is 218 g/mol. The van der Waals surface area contributed by atoms with E-state index in [9.17, 15) is 0 Å². The standard InChI is InChI=1S/C10H10N2.2C2H6/c1-7-9-5-3-2-4-8(9)6-10(11)12-7;2*1-2/h2-6H,1H3,(H2,11,12);2*1-2H3. The number of benzene rings is 1. The summed E-state index contributed by atoms with van der Waals surface area (Å²) in [6.45, 7) is 9.97. The van der Waals surface area contributed by atoms with Gasteiger partial charge in [-0.05, 0) is 18.4 Å². The molecule has 2 heteroatoms. The number of fused-ring (bicyclic) bond motifs is 1. The van der Waals surface area contributed by atoms with Crippen molar-refractivity contribution in [1.82, 2.24) is 4.98 Å². The fraction of sp³-hybridized carbons (Fsp3) is 0.357. The Bertz CT molecular complexity index is 422. The van der Waals surface area contributed by atoms with Gasteiger partial charge in [-0.3, -0.25) is 0 Å². The molecule has 0 unspecified atom stereocenters. The Morgan fingerprint density at radius 1 is 1.00 bits per heavy atom. The molecule has 16 heavy (non-hydrogen) atoms. The Balaban J connectivity index is 0.000000509. The molecule has 0 atom stereocenters. The van der Waals surface area contributed by atoms with E-state index in [1.165, 1.54) is 5.39 Å². The number of anilines is 1. The summed E-state index contributed by atoms with van der Waals surface area (Å²) in [5.74, 6) is 0.589. The lowest BCUT2D eigenvalue weighted by atomic mass is 10.1. The average Bonchev–Trinajstić information content (AvgIpc) is 2.34. The van der Waals surface area contributed by atoms with E-state index in [-0.39, 0.29) is 0 Å². The number of pyridine rings is 1. The zero-order valence-electron chi connectivity index (χ0n) is 10.9. The van der Waals surface area contributed by atoms with Crippen LogP contribution in [-0.2, 0) is 0 Å². The Kier molecular flexibility index (Phi) is 6.93. The van der Waals surface area contributed by atoms with Crippen molar-refractivity contribution in [2.75, 3.05) is 5.73 Å². The third-order valence-electron chi connectivity index (χ3n) is 1.95. The van der Waals surface area contributed by atoms with Gasteiger partial charge in [0.2, 0.25) is 0 Å². The lowest BCUT2D eigenvalue weighted by Crippen LogP contribution is -1.92. The number of nitrogens with zero attached hydrogens (tertiary/aromatic N) is 1. The van der Waals surface area contributed by atoms with Gasteiger partial charge in [-0.15, -0.1) is 0 Å². The van der Waals surface area contributed by atoms with Crippen LogP contribution >= 0.6 is 0 Å². The van der Waals surface area contributed by atoms with Crippen molar-refractivity contribution in [3.8, 4) is 0 Å². The van der Waals surface area contributed by atoms with Crippen molar-refractivity contribution in [1.29, 1.82) is 0 Å². The van der Waals surface area contributed by atoms with Crippen LogP contribution in [0.2, 0.25) is 0 Å². The molecule has 0 aliphatic carbocycles. The van der Waals surface area contributed by atoms with E-state index in [1.807, 2.05) is 58.9 Å². The number of hydrogen-bond acceptors (Lipinski definition) is 2. The normalized spacial score (nSPS) is 8.56. The highest BCUT2D eigenvalue weighted by Crippen LogP contribution is 2.18. The van der Waals surface area contributed by atoms with E-state index < -0.39 is 0 Å². The zero-order valence-corrected chi connectivity index (χ0v) is 10.9. The maximum Gasteiger partial charge on any atom is 0.124 e. The van der Waals surface area contributed by atoms with Gasteiger partial charge in [-0.25, -0.2) is 4.98 Å². The Morgan fingerprint density at radius 2 is 1.56 bits per heavy atom. The molecule has 0 saturated heterocycles. The molecule has 1 aromatic carbocycles. The summed E-state index contributed by atoms with van der Waals surface area (Å²) in [5.41, 5.74) is 6.60. The monoisotopic (exact) mass is 218 g/mol. The van der Waals surface area contributed by atoms with E-state index >= 15 is 0 Å². The van der Waals surface area contributed by atoms with Gasteiger partial charge < -0.3 is 5.73 Å². The second kappa shape index (κ2) is 7.69. The summed E-state index contributed by atoms with van der Waals surface area (Å²) in [6.07, 6.45) is 0. The number of aryl methyl sites for hydroxylation is 1. The first kappa shape index (κ1) is 14.4. The topological polar surface area (TPSA) is 38.9 Å². The summed E-state index contributed by atoms with van der Waals surface area (Å²) >= 11 is 0. The van der Waals surface area contributed by atoms with E-state index in [0.29, 0.717) is 5.82 Å². The minimum Gasteiger partial charge on any atom is -0.384 e. The van der Waals surface area contributed by atoms with Crippen molar-refractivity contribution in [2.24, 2.45) is 0 Å². The first-order valence-electron chi connectivity index (χ1n) is 5.89. The van der Waals surface area contributed by atoms with Crippen LogP contribution in [0.5, 0.6) is 0 Å². The fourth-order valence-corrected chi connectivity index (χ4v) is 1.40. The second-order valence-electron chi connectivity index (χ2n) is 2.85. The van der Waals surface area contributed by atoms with E-state index in [4.69, 9.17) is 5.73 Å². The van der Waals surface area contributed by atoms with Crippen LogP contribution in [0.25, 0.3) is 10.8 Å². The third-order valence-corrected chi connectivity index (χ3v) is 1.95. The molecule has 2 nitrogen and oxygen atoms in total. The lowest BCUT2D eigenvalue weighted by molar-refractivity contribution is 1.24. The smallest absolute Gasteiger partial charge is 0.124 e. The molecule has 0 aliphatic heterocycles. The quantitative estimate of drug-likeness (QED) is 0.720. The van der Waals surface area contributed by atoms with E-state index in [2.05, 4.69) is 11.1 Å². The highest BCUT2D eigenvalue weighted by molar-refractivity contribution is 5.86. The number of nitrogen functional groups attached to an aromatic ring is 1. The molecule has 0 saturated carbocycles. The minimum atomic E-state index is 0.589. The van der Waals surface area contributed by atoms with Crippen molar-refractivity contribution < 1.29 is 0 Å². The van der Waals surface area contributed by atoms with Crippen LogP contribution in [0.4, 0.5) is 5.82 Å². The van der Waals surface area contributed by atoms with Crippen LogP contribution in [0, 0.1) is 6.92 Å². The molecule has 0 radical (unpaired) electrons. The van der Waals surface area contributed by atoms with Crippen molar-refractivity contribution in [3.05, 3.63) is 36.0 Å². The van der Waals surface area contributed by atoms with E-state index in [1.54, 1.807) is 0 Å². The molecular weight excluding hydrogens is 196 g/mol. The fourth-order valence-electron chi connectivity index (χ4n) is 1.40. The summed E-state index contributed by atoms with van der Waals surface area (Å²) < 4.78 is 0. The number of aromatic nitrogens is 1. The van der Waals surface area contributed by atoms with Crippen LogP contribution < -0.4 is 5.73 Å². The molecule has 88 valence electrons. The number of hydrogen-bond donors (Lipinski definition) is 1. The van der Waals surface area contributed by atoms with E-state index in [0.717, 1.165) is 11.1 Å². The maximum absolute atomic E-state index is 5.61. The summed E-state index contributed by atoms with van der Waals surface area (Å²) in [7, 11) is 0. The number of rotatable bonds is 0. The third kappa shape index (κ3) is 3.54. The Morgan fingerprint density at radius 3 is 2.19 bits per heavy atom. The summed E-state index contributed by atoms with van der Waals surface area (Å²) in [4.78, 5) is 4.18. The predicted octanol–water partition coefficient (Wildman–Crippen LogP) is 4.18. The second-order valence-corrected chi connectivity index (χ2v) is 2.85. The Hall–Kier alpha value is -1.57. The molecule has 2 aromatic rings. The number of nitrogens with two attached hydrogens (primary N) is 1. The van der Waals surface area contributed by atoms with Crippen LogP contribution in [-0.4, -0.2) is 4.98 Å². The van der Waals surface area contributed by atoms with Crippen LogP contribution in [0.15, 0.2) is 30.3 Å². The van der Waals surface area contributed by atoms with Gasteiger partial charge in [0, 0.05) is 11.1 Å². The molecule has 2 N–H and O–H groups in total. The SMILES string of the molecule is CC.CC.Cc1nc(N)cc2ccccc12. The molecule has 2 rings (SSSR count). The van der Waals surface area contributed by atoms with Crippen molar-refractivity contribution in [3.63, 3.8) is 0 Å². The first-order valence-corrected chi connectivity index (χ1v) is 5.89. The molecule has 0 amide bonds. The zero-order chi connectivity index (χ0) is 12.6. The van der Waals surface area contributed by atoms with Gasteiger partial charge in [0.05, 0.1) is 0 Å². The molecule has 1 heterocycles. The van der Waals surface area contributed by atoms with Crippen LogP contribution in [0.3, 0.4) is 0 Å². The predicted molar refractivity (Wildman–Crippen MR) is 73.6 cm³/mol. The first-order chi connectivity index (χ1) is 7.77. The minimum absolute atomic E-state index is 0.589. The molecule has 0 spiro atoms. The maximum atomic E-state index is 5.61. The molecule has 0 bridgehead atoms. The van der Waals surface area contributed by atoms with Gasteiger partial charge in [0.15, 0.2) is 0 Å². The lowest BCUT2D eigenvalue weighted by Gasteiger charge is -2.01. The van der Waals surface area contributed by atoms with Crippen molar-refractivity contribution >= 4 is 16.6 Å². The highest BCUT2D eigenvalue weighted by atomic mass is 14.8. The largest absolute Gasteiger partial charge is 0.384 e. The molecule has 0 fully saturated rings. The van der Waals surface area contributed by atoms with Gasteiger partial charge >= 0.3 is 0 Å². The highest BCUT2D eigenvalue weighted by Gasteiger charge is 1.97. The Labute approximate surface area is 98.5 Å². The van der Waals surface area contributed by atoms with Gasteiger partial charge in [0.1, 0.15) is 5.82 Å². The van der Waals surface area contributed by atoms with Crippen molar-refractivity contribution in [2.45, 2.75) is 34.6 Å². The van der Waals surface area contributed by atoms with Gasteiger partial charge in [-0.1, -0.05) is 52.0 Å². The summed E-state index contributed by atoms with van der Waals surface area (Å²) in [6, 6.07) is 9.99.